The highest BCUT2D eigenvalue weighted by molar-refractivity contribution is 6.40. The quantitative estimate of drug-likeness (QED) is 0.655. The molecule has 0 spiro atoms. The first-order valence-electron chi connectivity index (χ1n) is 6.25. The predicted octanol–water partition coefficient (Wildman–Crippen LogP) is 4.10. The van der Waals surface area contributed by atoms with Gasteiger partial charge in [-0.05, 0) is 12.1 Å². The average molecular weight is 353 g/mol. The third-order valence-corrected chi connectivity index (χ3v) is 3.25. The van der Waals surface area contributed by atoms with Crippen molar-refractivity contribution in [3.05, 3.63) is 27.2 Å². The minimum absolute atomic E-state index is 0.0110. The van der Waals surface area contributed by atoms with Crippen molar-refractivity contribution in [1.29, 1.82) is 0 Å². The zero-order valence-corrected chi connectivity index (χ0v) is 14.2. The van der Waals surface area contributed by atoms with E-state index in [1.165, 1.54) is 12.1 Å². The van der Waals surface area contributed by atoms with Gasteiger partial charge in [0.1, 0.15) is 0 Å². The molecule has 0 fully saturated rings. The lowest BCUT2D eigenvalue weighted by Crippen LogP contribution is -2.36. The average Bonchev–Trinajstić information content (AvgIpc) is 2.32. The molecule has 0 aromatic heterocycles. The number of benzene rings is 1. The molecule has 0 aliphatic heterocycles. The van der Waals surface area contributed by atoms with Gasteiger partial charge in [-0.3, -0.25) is 9.59 Å². The second-order valence-electron chi connectivity index (χ2n) is 5.43. The van der Waals surface area contributed by atoms with Crippen molar-refractivity contribution in [3.63, 3.8) is 0 Å². The number of halogens is 3. The van der Waals surface area contributed by atoms with Gasteiger partial charge in [0.15, 0.2) is 5.75 Å². The molecule has 21 heavy (non-hydrogen) atoms. The molecule has 0 aliphatic carbocycles. The van der Waals surface area contributed by atoms with Crippen molar-refractivity contribution in [2.24, 2.45) is 5.41 Å². The predicted molar refractivity (Wildman–Crippen MR) is 84.2 cm³/mol. The highest BCUT2D eigenvalue weighted by atomic mass is 35.5. The third kappa shape index (κ3) is 5.73. The van der Waals surface area contributed by atoms with Gasteiger partial charge in [0.05, 0.1) is 16.5 Å². The molecular formula is C14H16Cl3NO3. The summed E-state index contributed by atoms with van der Waals surface area (Å²) >= 11 is 17.6. The molecule has 0 radical (unpaired) electrons. The topological polar surface area (TPSA) is 55.4 Å². The number of hydrogen-bond acceptors (Lipinski definition) is 3. The number of hydrogen-bond donors (Lipinski definition) is 1. The Morgan fingerprint density at radius 3 is 2.14 bits per heavy atom. The van der Waals surface area contributed by atoms with E-state index < -0.39 is 11.4 Å². The molecular weight excluding hydrogens is 337 g/mol. The Balaban J connectivity index is 2.54. The summed E-state index contributed by atoms with van der Waals surface area (Å²) in [7, 11) is 0. The highest BCUT2D eigenvalue weighted by Crippen LogP contribution is 2.35. The van der Waals surface area contributed by atoms with Crippen molar-refractivity contribution in [2.45, 2.75) is 27.2 Å². The summed E-state index contributed by atoms with van der Waals surface area (Å²) in [5, 5.41) is 3.30. The van der Waals surface area contributed by atoms with Crippen LogP contribution >= 0.6 is 34.8 Å². The molecule has 0 saturated heterocycles. The normalized spacial score (nSPS) is 11.1. The maximum atomic E-state index is 11.7. The molecule has 0 bridgehead atoms. The smallest absolute Gasteiger partial charge is 0.313 e. The van der Waals surface area contributed by atoms with Crippen molar-refractivity contribution in [2.75, 3.05) is 6.54 Å². The van der Waals surface area contributed by atoms with Crippen molar-refractivity contribution in [1.82, 2.24) is 5.32 Å². The fraction of sp³-hybridized carbons (Fsp3) is 0.429. The van der Waals surface area contributed by atoms with Gasteiger partial charge in [0.2, 0.25) is 5.91 Å². The summed E-state index contributed by atoms with van der Waals surface area (Å²) in [4.78, 5) is 23.3. The summed E-state index contributed by atoms with van der Waals surface area (Å²) in [6.07, 6.45) is 0.0110. The van der Waals surface area contributed by atoms with Crippen LogP contribution in [0.1, 0.15) is 27.2 Å². The van der Waals surface area contributed by atoms with E-state index in [4.69, 9.17) is 39.5 Å². The highest BCUT2D eigenvalue weighted by Gasteiger charge is 2.21. The van der Waals surface area contributed by atoms with Gasteiger partial charge in [-0.2, -0.15) is 0 Å². The fourth-order valence-electron chi connectivity index (χ4n) is 1.33. The van der Waals surface area contributed by atoms with Gasteiger partial charge in [-0.25, -0.2) is 0 Å². The van der Waals surface area contributed by atoms with E-state index >= 15 is 0 Å². The van der Waals surface area contributed by atoms with Crippen LogP contribution < -0.4 is 10.1 Å². The zero-order valence-electron chi connectivity index (χ0n) is 11.9. The number of ether oxygens (including phenoxy) is 1. The summed E-state index contributed by atoms with van der Waals surface area (Å²) in [5.41, 5.74) is -0.507. The van der Waals surface area contributed by atoms with Crippen LogP contribution in [-0.2, 0) is 9.59 Å². The number of nitrogens with one attached hydrogen (secondary N) is 1. The summed E-state index contributed by atoms with van der Waals surface area (Å²) in [6.45, 7) is 5.54. The van der Waals surface area contributed by atoms with Gasteiger partial charge < -0.3 is 10.1 Å². The first kappa shape index (κ1) is 18.1. The van der Waals surface area contributed by atoms with Crippen LogP contribution in [-0.4, -0.2) is 18.4 Å². The maximum Gasteiger partial charge on any atom is 0.313 e. The Morgan fingerprint density at radius 2 is 1.67 bits per heavy atom. The van der Waals surface area contributed by atoms with E-state index in [1.807, 2.05) is 0 Å². The van der Waals surface area contributed by atoms with Crippen LogP contribution in [0.15, 0.2) is 12.1 Å². The Bertz CT molecular complexity index is 530. The molecule has 0 atom stereocenters. The molecule has 116 valence electrons. The summed E-state index contributed by atoms with van der Waals surface area (Å²) < 4.78 is 5.09. The second kappa shape index (κ2) is 7.34. The van der Waals surface area contributed by atoms with Gasteiger partial charge in [0, 0.05) is 17.0 Å². The number of amides is 1. The molecule has 0 saturated carbocycles. The SMILES string of the molecule is CC(C)(C)C(=O)NCCC(=O)Oc1c(Cl)cc(Cl)cc1Cl. The van der Waals surface area contributed by atoms with Crippen molar-refractivity contribution < 1.29 is 14.3 Å². The van der Waals surface area contributed by atoms with Gasteiger partial charge in [-0.1, -0.05) is 55.6 Å². The molecule has 1 rings (SSSR count). The molecule has 0 aliphatic rings. The fourth-order valence-corrected chi connectivity index (χ4v) is 2.23. The molecule has 0 heterocycles. The Labute approximate surface area is 138 Å². The van der Waals surface area contributed by atoms with Gasteiger partial charge >= 0.3 is 5.97 Å². The minimum atomic E-state index is -0.546. The first-order chi connectivity index (χ1) is 9.61. The first-order valence-corrected chi connectivity index (χ1v) is 7.38. The van der Waals surface area contributed by atoms with E-state index in [9.17, 15) is 9.59 Å². The molecule has 4 nitrogen and oxygen atoms in total. The second-order valence-corrected chi connectivity index (χ2v) is 6.68. The van der Waals surface area contributed by atoms with E-state index in [-0.39, 0.29) is 34.7 Å². The van der Waals surface area contributed by atoms with Crippen LogP contribution in [0.3, 0.4) is 0 Å². The lowest BCUT2D eigenvalue weighted by Gasteiger charge is -2.17. The standard InChI is InChI=1S/C14H16Cl3NO3/c1-14(2,3)13(20)18-5-4-11(19)21-12-9(16)6-8(15)7-10(12)17/h6-7H,4-5H2,1-3H3,(H,18,20). The summed E-state index contributed by atoms with van der Waals surface area (Å²) in [6, 6.07) is 2.86. The monoisotopic (exact) mass is 351 g/mol. The van der Waals surface area contributed by atoms with Crippen LogP contribution in [0.2, 0.25) is 15.1 Å². The molecule has 1 aromatic carbocycles. The van der Waals surface area contributed by atoms with Crippen LogP contribution in [0.4, 0.5) is 0 Å². The lowest BCUT2D eigenvalue weighted by atomic mass is 9.96. The van der Waals surface area contributed by atoms with E-state index in [0.29, 0.717) is 5.02 Å². The van der Waals surface area contributed by atoms with Crippen LogP contribution in [0.5, 0.6) is 5.75 Å². The Hall–Kier alpha value is -0.970. The minimum Gasteiger partial charge on any atom is -0.423 e. The zero-order chi connectivity index (χ0) is 16.2. The van der Waals surface area contributed by atoms with Gasteiger partial charge in [0.25, 0.3) is 0 Å². The molecule has 1 amide bonds. The number of carbonyl (C=O) groups excluding carboxylic acids is 2. The van der Waals surface area contributed by atoms with E-state index in [2.05, 4.69) is 5.32 Å². The molecule has 1 N–H and O–H groups in total. The van der Waals surface area contributed by atoms with E-state index in [1.54, 1.807) is 20.8 Å². The Morgan fingerprint density at radius 1 is 1.14 bits per heavy atom. The number of rotatable bonds is 4. The number of esters is 1. The van der Waals surface area contributed by atoms with Gasteiger partial charge in [-0.15, -0.1) is 0 Å². The van der Waals surface area contributed by atoms with Crippen molar-refractivity contribution in [3.8, 4) is 5.75 Å². The van der Waals surface area contributed by atoms with E-state index in [0.717, 1.165) is 0 Å². The maximum absolute atomic E-state index is 11.7. The Kier molecular flexibility index (Phi) is 6.32. The van der Waals surface area contributed by atoms with Crippen LogP contribution in [0.25, 0.3) is 0 Å². The molecule has 7 heteroatoms. The molecule has 1 aromatic rings. The lowest BCUT2D eigenvalue weighted by molar-refractivity contribution is -0.134. The molecule has 0 unspecified atom stereocenters. The van der Waals surface area contributed by atoms with Crippen molar-refractivity contribution >= 4 is 46.7 Å². The largest absolute Gasteiger partial charge is 0.423 e. The summed E-state index contributed by atoms with van der Waals surface area (Å²) in [5.74, 6) is -0.622. The van der Waals surface area contributed by atoms with Crippen LogP contribution in [0, 0.1) is 5.41 Å². The third-order valence-electron chi connectivity index (χ3n) is 2.47. The number of carbonyl (C=O) groups is 2.